The van der Waals surface area contributed by atoms with Crippen molar-refractivity contribution >= 4 is 5.97 Å². The molecule has 0 spiro atoms. The van der Waals surface area contributed by atoms with Crippen LogP contribution in [0.5, 0.6) is 0 Å². The average Bonchev–Trinajstić information content (AvgIpc) is 2.17. The van der Waals surface area contributed by atoms with E-state index in [-0.39, 0.29) is 5.92 Å². The number of carbonyl (C=O) groups is 1. The van der Waals surface area contributed by atoms with E-state index in [0.717, 1.165) is 12.8 Å². The molecule has 0 aliphatic heterocycles. The van der Waals surface area contributed by atoms with Crippen LogP contribution in [0.15, 0.2) is 0 Å². The van der Waals surface area contributed by atoms with Crippen molar-refractivity contribution in [2.45, 2.75) is 51.5 Å². The molecule has 1 saturated carbocycles. The fraction of sp³-hybridized carbons (Fsp3) is 0.909. The lowest BCUT2D eigenvalue weighted by Crippen LogP contribution is -2.53. The van der Waals surface area contributed by atoms with Crippen LogP contribution in [0.2, 0.25) is 0 Å². The minimum absolute atomic E-state index is 0.0697. The Hall–Kier alpha value is -0.570. The van der Waals surface area contributed by atoms with Gasteiger partial charge in [-0.3, -0.25) is 4.79 Å². The van der Waals surface area contributed by atoms with Crippen molar-refractivity contribution in [3.8, 4) is 0 Å². The number of hydrogen-bond donors (Lipinski definition) is 2. The van der Waals surface area contributed by atoms with Crippen LogP contribution in [-0.4, -0.2) is 16.6 Å². The summed E-state index contributed by atoms with van der Waals surface area (Å²) in [6.45, 7) is 3.61. The van der Waals surface area contributed by atoms with Crippen molar-refractivity contribution in [2.24, 2.45) is 17.6 Å². The van der Waals surface area contributed by atoms with E-state index in [1.807, 2.05) is 6.92 Å². The predicted molar refractivity (Wildman–Crippen MR) is 56.0 cm³/mol. The van der Waals surface area contributed by atoms with Crippen LogP contribution in [0.1, 0.15) is 46.0 Å². The van der Waals surface area contributed by atoms with Crippen molar-refractivity contribution in [1.82, 2.24) is 0 Å². The predicted octanol–water partition coefficient (Wildman–Crippen LogP) is 2.00. The molecule has 0 aromatic rings. The van der Waals surface area contributed by atoms with Gasteiger partial charge in [0.05, 0.1) is 0 Å². The van der Waals surface area contributed by atoms with E-state index in [1.54, 1.807) is 6.92 Å². The monoisotopic (exact) mass is 199 g/mol. The summed E-state index contributed by atoms with van der Waals surface area (Å²) in [7, 11) is 0. The van der Waals surface area contributed by atoms with Gasteiger partial charge in [-0.1, -0.05) is 39.0 Å². The lowest BCUT2D eigenvalue weighted by molar-refractivity contribution is -0.145. The molecule has 3 heteroatoms. The smallest absolute Gasteiger partial charge is 0.323 e. The van der Waals surface area contributed by atoms with E-state index in [4.69, 9.17) is 10.8 Å². The van der Waals surface area contributed by atoms with Gasteiger partial charge >= 0.3 is 5.97 Å². The van der Waals surface area contributed by atoms with Crippen molar-refractivity contribution in [3.63, 3.8) is 0 Å². The van der Waals surface area contributed by atoms with Crippen molar-refractivity contribution in [3.05, 3.63) is 0 Å². The highest BCUT2D eigenvalue weighted by Gasteiger charge is 2.39. The van der Waals surface area contributed by atoms with Crippen LogP contribution in [0, 0.1) is 11.8 Å². The van der Waals surface area contributed by atoms with Gasteiger partial charge < -0.3 is 10.8 Å². The second-order valence-electron chi connectivity index (χ2n) is 4.77. The van der Waals surface area contributed by atoms with E-state index in [0.29, 0.717) is 5.92 Å². The van der Waals surface area contributed by atoms with Gasteiger partial charge in [-0.15, -0.1) is 0 Å². The number of aliphatic carboxylic acids is 1. The summed E-state index contributed by atoms with van der Waals surface area (Å²) >= 11 is 0. The Balaban J connectivity index is 2.62. The zero-order valence-electron chi connectivity index (χ0n) is 9.12. The lowest BCUT2D eigenvalue weighted by atomic mass is 9.72. The van der Waals surface area contributed by atoms with Crippen molar-refractivity contribution in [2.75, 3.05) is 0 Å². The third-order valence-electron chi connectivity index (χ3n) is 3.76. The molecular weight excluding hydrogens is 178 g/mol. The fourth-order valence-electron chi connectivity index (χ4n) is 2.32. The summed E-state index contributed by atoms with van der Waals surface area (Å²) < 4.78 is 0. The summed E-state index contributed by atoms with van der Waals surface area (Å²) in [5, 5.41) is 9.02. The Morgan fingerprint density at radius 1 is 1.43 bits per heavy atom. The number of carboxylic acids is 1. The molecule has 1 rings (SSSR count). The quantitative estimate of drug-likeness (QED) is 0.730. The van der Waals surface area contributed by atoms with E-state index in [1.165, 1.54) is 19.3 Å². The first-order valence-electron chi connectivity index (χ1n) is 5.48. The van der Waals surface area contributed by atoms with Gasteiger partial charge in [0.15, 0.2) is 0 Å². The van der Waals surface area contributed by atoms with E-state index in [2.05, 4.69) is 0 Å². The Bertz CT molecular complexity index is 207. The van der Waals surface area contributed by atoms with Gasteiger partial charge in [-0.25, -0.2) is 0 Å². The molecule has 2 unspecified atom stereocenters. The lowest BCUT2D eigenvalue weighted by Gasteiger charge is -2.35. The molecule has 0 radical (unpaired) electrons. The SMILES string of the molecule is CC(C1CCCCC1)C(C)(N)C(=O)O. The maximum absolute atomic E-state index is 11.0. The molecule has 0 aromatic carbocycles. The Kier molecular flexibility index (Phi) is 3.53. The van der Waals surface area contributed by atoms with Crippen LogP contribution in [0.3, 0.4) is 0 Å². The summed E-state index contributed by atoms with van der Waals surface area (Å²) in [5.41, 5.74) is 4.77. The molecule has 1 fully saturated rings. The normalized spacial score (nSPS) is 25.4. The first-order valence-corrected chi connectivity index (χ1v) is 5.48. The van der Waals surface area contributed by atoms with Crippen LogP contribution in [0.4, 0.5) is 0 Å². The number of hydrogen-bond acceptors (Lipinski definition) is 2. The minimum Gasteiger partial charge on any atom is -0.480 e. The molecule has 1 aliphatic rings. The molecule has 3 N–H and O–H groups in total. The second kappa shape index (κ2) is 4.30. The third kappa shape index (κ3) is 2.27. The summed E-state index contributed by atoms with van der Waals surface area (Å²) in [4.78, 5) is 11.0. The molecule has 1 aliphatic carbocycles. The number of carboxylic acid groups (broad SMARTS) is 1. The molecule has 0 bridgehead atoms. The van der Waals surface area contributed by atoms with Gasteiger partial charge in [0.25, 0.3) is 0 Å². The van der Waals surface area contributed by atoms with Crippen molar-refractivity contribution in [1.29, 1.82) is 0 Å². The topological polar surface area (TPSA) is 63.3 Å². The average molecular weight is 199 g/mol. The largest absolute Gasteiger partial charge is 0.480 e. The minimum atomic E-state index is -1.07. The maximum atomic E-state index is 11.0. The molecule has 0 aromatic heterocycles. The van der Waals surface area contributed by atoms with Crippen LogP contribution in [-0.2, 0) is 4.79 Å². The van der Waals surface area contributed by atoms with Crippen LogP contribution in [0.25, 0.3) is 0 Å². The molecule has 0 heterocycles. The van der Waals surface area contributed by atoms with Gasteiger partial charge in [-0.2, -0.15) is 0 Å². The third-order valence-corrected chi connectivity index (χ3v) is 3.76. The highest BCUT2D eigenvalue weighted by molar-refractivity contribution is 5.78. The molecule has 14 heavy (non-hydrogen) atoms. The molecule has 3 nitrogen and oxygen atoms in total. The second-order valence-corrected chi connectivity index (χ2v) is 4.77. The van der Waals surface area contributed by atoms with E-state index in [9.17, 15) is 4.79 Å². The maximum Gasteiger partial charge on any atom is 0.323 e. The molecular formula is C11H21NO2. The summed E-state index contributed by atoms with van der Waals surface area (Å²) in [6.07, 6.45) is 6.02. The first-order chi connectivity index (χ1) is 6.46. The molecule has 0 saturated heterocycles. The Morgan fingerprint density at radius 3 is 2.36 bits per heavy atom. The van der Waals surface area contributed by atoms with E-state index >= 15 is 0 Å². The Labute approximate surface area is 85.7 Å². The standard InChI is InChI=1S/C11H21NO2/c1-8(11(2,12)10(13)14)9-6-4-3-5-7-9/h8-9H,3-7,12H2,1-2H3,(H,13,14). The van der Waals surface area contributed by atoms with Gasteiger partial charge in [0.1, 0.15) is 5.54 Å². The molecule has 2 atom stereocenters. The molecule has 0 amide bonds. The first kappa shape index (κ1) is 11.5. The van der Waals surface area contributed by atoms with Crippen LogP contribution < -0.4 is 5.73 Å². The highest BCUT2D eigenvalue weighted by Crippen LogP contribution is 2.34. The van der Waals surface area contributed by atoms with Crippen molar-refractivity contribution < 1.29 is 9.90 Å². The number of rotatable bonds is 3. The number of nitrogens with two attached hydrogens (primary N) is 1. The summed E-state index contributed by atoms with van der Waals surface area (Å²) in [6, 6.07) is 0. The van der Waals surface area contributed by atoms with Crippen LogP contribution >= 0.6 is 0 Å². The van der Waals surface area contributed by atoms with Gasteiger partial charge in [0.2, 0.25) is 0 Å². The fourth-order valence-corrected chi connectivity index (χ4v) is 2.32. The van der Waals surface area contributed by atoms with Gasteiger partial charge in [0, 0.05) is 0 Å². The zero-order chi connectivity index (χ0) is 10.8. The zero-order valence-corrected chi connectivity index (χ0v) is 9.12. The Morgan fingerprint density at radius 2 is 1.93 bits per heavy atom. The molecule has 82 valence electrons. The van der Waals surface area contributed by atoms with Gasteiger partial charge in [-0.05, 0) is 18.8 Å². The van der Waals surface area contributed by atoms with E-state index < -0.39 is 11.5 Å². The summed E-state index contributed by atoms with van der Waals surface area (Å²) in [5.74, 6) is -0.314. The highest BCUT2D eigenvalue weighted by atomic mass is 16.4.